The summed E-state index contributed by atoms with van der Waals surface area (Å²) in [6, 6.07) is 3.95. The van der Waals surface area contributed by atoms with Gasteiger partial charge in [0.05, 0.1) is 6.10 Å². The molecule has 3 heteroatoms. The van der Waals surface area contributed by atoms with Crippen molar-refractivity contribution in [2.24, 2.45) is 17.1 Å². The largest absolute Gasteiger partial charge is 0.388 e. The molecule has 0 spiro atoms. The molecule has 0 amide bonds. The van der Waals surface area contributed by atoms with Gasteiger partial charge in [-0.25, -0.2) is 0 Å². The lowest BCUT2D eigenvalue weighted by molar-refractivity contribution is -0.0164. The molecular formula is C16H26N2O. The Morgan fingerprint density at radius 3 is 2.89 bits per heavy atom. The number of aryl methyl sites for hydroxylation is 1. The zero-order valence-corrected chi connectivity index (χ0v) is 12.1. The van der Waals surface area contributed by atoms with Crippen LogP contribution in [0.2, 0.25) is 0 Å². The fourth-order valence-electron chi connectivity index (χ4n) is 3.41. The van der Waals surface area contributed by atoms with Gasteiger partial charge in [-0.1, -0.05) is 32.3 Å². The second-order valence-electron chi connectivity index (χ2n) is 6.07. The Hall–Kier alpha value is -0.930. The van der Waals surface area contributed by atoms with Gasteiger partial charge in [0, 0.05) is 23.9 Å². The molecule has 3 unspecified atom stereocenters. The molecule has 1 heterocycles. The number of hydrogen-bond acceptors (Lipinski definition) is 3. The first-order chi connectivity index (χ1) is 9.11. The summed E-state index contributed by atoms with van der Waals surface area (Å²) in [5.74, 6) is 0.699. The third-order valence-electron chi connectivity index (χ3n) is 4.80. The molecule has 0 aromatic carbocycles. The van der Waals surface area contributed by atoms with Crippen molar-refractivity contribution in [1.82, 2.24) is 4.98 Å². The molecule has 0 bridgehead atoms. The first-order valence-electron chi connectivity index (χ1n) is 7.42. The smallest absolute Gasteiger partial charge is 0.0873 e. The number of hydrogen-bond donors (Lipinski definition) is 2. The van der Waals surface area contributed by atoms with Crippen LogP contribution in [-0.2, 0) is 0 Å². The van der Waals surface area contributed by atoms with Crippen LogP contribution < -0.4 is 5.73 Å². The van der Waals surface area contributed by atoms with Crippen molar-refractivity contribution in [2.45, 2.75) is 52.1 Å². The highest BCUT2D eigenvalue weighted by Gasteiger charge is 2.41. The number of aliphatic hydroxyl groups is 1. The molecule has 2 rings (SSSR count). The van der Waals surface area contributed by atoms with Gasteiger partial charge in [0.25, 0.3) is 0 Å². The molecule has 1 saturated carbocycles. The van der Waals surface area contributed by atoms with Crippen molar-refractivity contribution < 1.29 is 5.11 Å². The van der Waals surface area contributed by atoms with Crippen molar-refractivity contribution in [3.63, 3.8) is 0 Å². The maximum Gasteiger partial charge on any atom is 0.0873 e. The number of nitrogens with zero attached hydrogens (tertiary/aromatic N) is 1. The molecule has 1 aliphatic carbocycles. The lowest BCUT2D eigenvalue weighted by atomic mass is 9.64. The Morgan fingerprint density at radius 2 is 2.32 bits per heavy atom. The van der Waals surface area contributed by atoms with Gasteiger partial charge in [0.15, 0.2) is 0 Å². The van der Waals surface area contributed by atoms with Crippen LogP contribution in [0.4, 0.5) is 0 Å². The van der Waals surface area contributed by atoms with Gasteiger partial charge in [0.2, 0.25) is 0 Å². The second kappa shape index (κ2) is 6.02. The number of pyridine rings is 1. The highest BCUT2D eigenvalue weighted by Crippen LogP contribution is 2.47. The molecule has 19 heavy (non-hydrogen) atoms. The number of nitrogens with two attached hydrogens (primary N) is 1. The molecule has 3 N–H and O–H groups in total. The van der Waals surface area contributed by atoms with E-state index in [1.165, 1.54) is 19.3 Å². The monoisotopic (exact) mass is 262 g/mol. The van der Waals surface area contributed by atoms with E-state index >= 15 is 0 Å². The van der Waals surface area contributed by atoms with Gasteiger partial charge in [-0.3, -0.25) is 4.98 Å². The fourth-order valence-corrected chi connectivity index (χ4v) is 3.41. The first-order valence-corrected chi connectivity index (χ1v) is 7.42. The minimum atomic E-state index is -0.486. The van der Waals surface area contributed by atoms with Gasteiger partial charge in [-0.15, -0.1) is 0 Å². The molecule has 106 valence electrons. The van der Waals surface area contributed by atoms with Gasteiger partial charge >= 0.3 is 0 Å². The van der Waals surface area contributed by atoms with Crippen LogP contribution in [0.3, 0.4) is 0 Å². The van der Waals surface area contributed by atoms with Crippen molar-refractivity contribution in [3.8, 4) is 0 Å². The topological polar surface area (TPSA) is 59.1 Å². The predicted molar refractivity (Wildman–Crippen MR) is 77.7 cm³/mol. The summed E-state index contributed by atoms with van der Waals surface area (Å²) in [6.07, 6.45) is 7.00. The number of aromatic nitrogens is 1. The molecule has 0 radical (unpaired) electrons. The molecule has 1 aromatic rings. The zero-order valence-electron chi connectivity index (χ0n) is 12.1. The van der Waals surface area contributed by atoms with E-state index in [-0.39, 0.29) is 5.41 Å². The van der Waals surface area contributed by atoms with Gasteiger partial charge < -0.3 is 10.8 Å². The summed E-state index contributed by atoms with van der Waals surface area (Å²) in [5, 5.41) is 10.8. The summed E-state index contributed by atoms with van der Waals surface area (Å²) < 4.78 is 0. The second-order valence-corrected chi connectivity index (χ2v) is 6.07. The van der Waals surface area contributed by atoms with Crippen LogP contribution in [0, 0.1) is 18.3 Å². The highest BCUT2D eigenvalue weighted by atomic mass is 16.3. The van der Waals surface area contributed by atoms with Crippen LogP contribution in [0.15, 0.2) is 18.3 Å². The summed E-state index contributed by atoms with van der Waals surface area (Å²) in [6.45, 7) is 4.75. The third kappa shape index (κ3) is 2.98. The average Bonchev–Trinajstić information content (AvgIpc) is 2.47. The van der Waals surface area contributed by atoms with E-state index in [1.54, 1.807) is 6.20 Å². The quantitative estimate of drug-likeness (QED) is 0.877. The molecule has 1 aromatic heterocycles. The number of rotatable bonds is 4. The normalized spacial score (nSPS) is 29.2. The average molecular weight is 262 g/mol. The van der Waals surface area contributed by atoms with Gasteiger partial charge in [0.1, 0.15) is 0 Å². The minimum absolute atomic E-state index is 0.157. The highest BCUT2D eigenvalue weighted by molar-refractivity contribution is 5.19. The SMILES string of the molecule is CCC1CCCC(CN)(C(O)c2ccc(C)nc2)C1. The molecule has 3 atom stereocenters. The van der Waals surface area contributed by atoms with E-state index in [1.807, 2.05) is 19.1 Å². The van der Waals surface area contributed by atoms with E-state index in [2.05, 4.69) is 11.9 Å². The van der Waals surface area contributed by atoms with E-state index in [0.29, 0.717) is 12.5 Å². The van der Waals surface area contributed by atoms with Crippen molar-refractivity contribution in [1.29, 1.82) is 0 Å². The van der Waals surface area contributed by atoms with E-state index in [9.17, 15) is 5.11 Å². The van der Waals surface area contributed by atoms with E-state index in [4.69, 9.17) is 5.73 Å². The summed E-state index contributed by atoms with van der Waals surface area (Å²) in [4.78, 5) is 4.30. The van der Waals surface area contributed by atoms with E-state index < -0.39 is 6.10 Å². The first kappa shape index (κ1) is 14.5. The molecule has 1 aliphatic rings. The predicted octanol–water partition coefficient (Wildman–Crippen LogP) is 2.97. The maximum atomic E-state index is 10.8. The molecule has 3 nitrogen and oxygen atoms in total. The molecule has 1 fully saturated rings. The van der Waals surface area contributed by atoms with Crippen LogP contribution in [0.25, 0.3) is 0 Å². The summed E-state index contributed by atoms with van der Waals surface area (Å²) >= 11 is 0. The Bertz CT molecular complexity index is 404. The molecular weight excluding hydrogens is 236 g/mol. The Balaban J connectivity index is 2.22. The molecule has 0 aliphatic heterocycles. The fraction of sp³-hybridized carbons (Fsp3) is 0.688. The lowest BCUT2D eigenvalue weighted by Crippen LogP contribution is -2.41. The van der Waals surface area contributed by atoms with E-state index in [0.717, 1.165) is 24.1 Å². The van der Waals surface area contributed by atoms with Crippen LogP contribution in [0.1, 0.15) is 56.4 Å². The summed E-state index contributed by atoms with van der Waals surface area (Å²) in [5.41, 5.74) is 7.78. The van der Waals surface area contributed by atoms with Crippen molar-refractivity contribution >= 4 is 0 Å². The minimum Gasteiger partial charge on any atom is -0.388 e. The van der Waals surface area contributed by atoms with Crippen LogP contribution in [0.5, 0.6) is 0 Å². The Kier molecular flexibility index (Phi) is 4.58. The van der Waals surface area contributed by atoms with Crippen molar-refractivity contribution in [2.75, 3.05) is 6.54 Å². The summed E-state index contributed by atoms with van der Waals surface area (Å²) in [7, 11) is 0. The maximum absolute atomic E-state index is 10.8. The lowest BCUT2D eigenvalue weighted by Gasteiger charge is -2.43. The number of aliphatic hydroxyl groups excluding tert-OH is 1. The van der Waals surface area contributed by atoms with Gasteiger partial charge in [-0.05, 0) is 37.3 Å². The Morgan fingerprint density at radius 1 is 1.53 bits per heavy atom. The van der Waals surface area contributed by atoms with Crippen LogP contribution in [-0.4, -0.2) is 16.6 Å². The zero-order chi connectivity index (χ0) is 13.9. The molecule has 0 saturated heterocycles. The van der Waals surface area contributed by atoms with Crippen LogP contribution >= 0.6 is 0 Å². The van der Waals surface area contributed by atoms with Crippen molar-refractivity contribution in [3.05, 3.63) is 29.6 Å². The standard InChI is InChI=1S/C16H26N2O/c1-3-13-5-4-8-16(9-13,11-17)15(19)14-7-6-12(2)18-10-14/h6-7,10,13,15,19H,3-5,8-9,11,17H2,1-2H3. The van der Waals surface area contributed by atoms with Gasteiger partial charge in [-0.2, -0.15) is 0 Å². The Labute approximate surface area is 116 Å². The third-order valence-corrected chi connectivity index (χ3v) is 4.80.